The second-order valence-corrected chi connectivity index (χ2v) is 6.66. The molecule has 0 aliphatic heterocycles. The smallest absolute Gasteiger partial charge is 0.347 e. The van der Waals surface area contributed by atoms with Crippen LogP contribution in [0.15, 0.2) is 24.3 Å². The van der Waals surface area contributed by atoms with Crippen molar-refractivity contribution in [3.63, 3.8) is 0 Å². The number of carbonyl (C=O) groups is 2. The third kappa shape index (κ3) is 4.98. The lowest BCUT2D eigenvalue weighted by Crippen LogP contribution is -2.38. The first kappa shape index (κ1) is 17.3. The highest BCUT2D eigenvalue weighted by atomic mass is 16.5. The van der Waals surface area contributed by atoms with Gasteiger partial charge < -0.3 is 15.2 Å². The van der Waals surface area contributed by atoms with Crippen molar-refractivity contribution in [1.29, 1.82) is 0 Å². The van der Waals surface area contributed by atoms with Crippen LogP contribution in [-0.4, -0.2) is 29.1 Å². The van der Waals surface area contributed by atoms with Crippen molar-refractivity contribution < 1.29 is 19.4 Å². The zero-order valence-corrected chi connectivity index (χ0v) is 13.8. The fraction of sp³-hybridized carbons (Fsp3) is 0.556. The molecule has 0 unspecified atom stereocenters. The number of benzene rings is 1. The zero-order chi connectivity index (χ0) is 16.9. The molecule has 0 spiro atoms. The second kappa shape index (κ2) is 7.49. The molecule has 1 saturated carbocycles. The highest BCUT2D eigenvalue weighted by molar-refractivity contribution is 5.94. The first-order valence-electron chi connectivity index (χ1n) is 8.19. The van der Waals surface area contributed by atoms with Crippen molar-refractivity contribution in [3.05, 3.63) is 29.8 Å². The number of hydrogen-bond donors (Lipinski definition) is 2. The lowest BCUT2D eigenvalue weighted by Gasteiger charge is -2.22. The first-order chi connectivity index (χ1) is 10.9. The summed E-state index contributed by atoms with van der Waals surface area (Å²) >= 11 is 0. The molecule has 2 rings (SSSR count). The first-order valence-corrected chi connectivity index (χ1v) is 8.19. The maximum atomic E-state index is 12.3. The minimum atomic E-state index is -1.34. The van der Waals surface area contributed by atoms with Gasteiger partial charge in [0.05, 0.1) is 0 Å². The summed E-state index contributed by atoms with van der Waals surface area (Å²) in [5.41, 5.74) is -0.850. The summed E-state index contributed by atoms with van der Waals surface area (Å²) in [4.78, 5) is 23.4. The number of aliphatic carboxylic acids is 1. The van der Waals surface area contributed by atoms with Gasteiger partial charge in [-0.1, -0.05) is 25.3 Å². The summed E-state index contributed by atoms with van der Waals surface area (Å²) in [6.45, 7) is 3.65. The Morgan fingerprint density at radius 2 is 1.96 bits per heavy atom. The number of nitrogens with one attached hydrogen (secondary N) is 1. The highest BCUT2D eigenvalue weighted by Crippen LogP contribution is 2.23. The van der Waals surface area contributed by atoms with E-state index in [0.29, 0.717) is 23.8 Å². The van der Waals surface area contributed by atoms with Crippen molar-refractivity contribution in [1.82, 2.24) is 5.32 Å². The number of hydrogen-bond acceptors (Lipinski definition) is 3. The van der Waals surface area contributed by atoms with Gasteiger partial charge in [-0.15, -0.1) is 0 Å². The molecule has 1 fully saturated rings. The Morgan fingerprint density at radius 1 is 1.26 bits per heavy atom. The van der Waals surface area contributed by atoms with E-state index >= 15 is 0 Å². The summed E-state index contributed by atoms with van der Waals surface area (Å²) in [6, 6.07) is 6.64. The number of rotatable bonds is 6. The van der Waals surface area contributed by atoms with E-state index in [9.17, 15) is 9.59 Å². The molecule has 1 amide bonds. The van der Waals surface area contributed by atoms with Crippen LogP contribution in [0.1, 0.15) is 56.3 Å². The van der Waals surface area contributed by atoms with E-state index in [0.717, 1.165) is 0 Å². The van der Waals surface area contributed by atoms with E-state index in [4.69, 9.17) is 9.84 Å². The van der Waals surface area contributed by atoms with Crippen molar-refractivity contribution in [2.75, 3.05) is 6.54 Å². The largest absolute Gasteiger partial charge is 0.478 e. The number of amides is 1. The molecule has 1 aliphatic carbocycles. The lowest BCUT2D eigenvalue weighted by molar-refractivity contribution is -0.152. The van der Waals surface area contributed by atoms with Gasteiger partial charge in [-0.2, -0.15) is 0 Å². The van der Waals surface area contributed by atoms with Crippen LogP contribution in [0.4, 0.5) is 0 Å². The van der Waals surface area contributed by atoms with Gasteiger partial charge in [0.25, 0.3) is 5.91 Å². The van der Waals surface area contributed by atoms with Gasteiger partial charge in [-0.25, -0.2) is 4.79 Å². The second-order valence-electron chi connectivity index (χ2n) is 6.66. The molecule has 1 aromatic carbocycles. The van der Waals surface area contributed by atoms with E-state index < -0.39 is 11.6 Å². The van der Waals surface area contributed by atoms with Crippen LogP contribution in [0.2, 0.25) is 0 Å². The summed E-state index contributed by atoms with van der Waals surface area (Å²) in [5.74, 6) is -0.250. The average Bonchev–Trinajstić information content (AvgIpc) is 2.53. The standard InChI is InChI=1S/C18H25NO4/c1-18(2,17(21)22)23-15-10-6-9-14(11-15)16(20)19-12-13-7-4-3-5-8-13/h6,9-11,13H,3-5,7-8,12H2,1-2H3,(H,19,20)(H,21,22). The molecule has 0 aromatic heterocycles. The van der Waals surface area contributed by atoms with Crippen LogP contribution in [0, 0.1) is 5.92 Å². The molecular formula is C18H25NO4. The number of carbonyl (C=O) groups excluding carboxylic acids is 1. The van der Waals surface area contributed by atoms with Gasteiger partial charge in [0, 0.05) is 12.1 Å². The van der Waals surface area contributed by atoms with E-state index in [-0.39, 0.29) is 5.91 Å². The molecule has 0 heterocycles. The van der Waals surface area contributed by atoms with Crippen LogP contribution in [0.5, 0.6) is 5.75 Å². The van der Waals surface area contributed by atoms with Gasteiger partial charge in [0.1, 0.15) is 5.75 Å². The lowest BCUT2D eigenvalue weighted by atomic mass is 9.89. The highest BCUT2D eigenvalue weighted by Gasteiger charge is 2.29. The van der Waals surface area contributed by atoms with Gasteiger partial charge in [0.2, 0.25) is 0 Å². The number of carboxylic acid groups (broad SMARTS) is 1. The van der Waals surface area contributed by atoms with Crippen LogP contribution >= 0.6 is 0 Å². The number of carboxylic acids is 1. The van der Waals surface area contributed by atoms with Gasteiger partial charge in [-0.3, -0.25) is 4.79 Å². The molecule has 23 heavy (non-hydrogen) atoms. The molecule has 1 aromatic rings. The third-order valence-corrected chi connectivity index (χ3v) is 4.26. The average molecular weight is 319 g/mol. The van der Waals surface area contributed by atoms with E-state index in [2.05, 4.69) is 5.32 Å². The van der Waals surface area contributed by atoms with E-state index in [1.54, 1.807) is 24.3 Å². The fourth-order valence-electron chi connectivity index (χ4n) is 2.77. The fourth-order valence-corrected chi connectivity index (χ4v) is 2.77. The summed E-state index contributed by atoms with van der Waals surface area (Å²) in [5, 5.41) is 12.1. The minimum Gasteiger partial charge on any atom is -0.478 e. The summed E-state index contributed by atoms with van der Waals surface area (Å²) in [6.07, 6.45) is 6.14. The third-order valence-electron chi connectivity index (χ3n) is 4.26. The Kier molecular flexibility index (Phi) is 5.64. The van der Waals surface area contributed by atoms with E-state index in [1.165, 1.54) is 46.0 Å². The molecule has 0 bridgehead atoms. The predicted molar refractivity (Wildman–Crippen MR) is 87.7 cm³/mol. The quantitative estimate of drug-likeness (QED) is 0.844. The minimum absolute atomic E-state index is 0.144. The Hall–Kier alpha value is -2.04. The molecule has 0 atom stereocenters. The molecule has 0 saturated heterocycles. The molecule has 5 nitrogen and oxygen atoms in total. The number of ether oxygens (including phenoxy) is 1. The van der Waals surface area contributed by atoms with Crippen molar-refractivity contribution in [2.45, 2.75) is 51.6 Å². The maximum Gasteiger partial charge on any atom is 0.347 e. The summed E-state index contributed by atoms with van der Waals surface area (Å²) in [7, 11) is 0. The topological polar surface area (TPSA) is 75.6 Å². The monoisotopic (exact) mass is 319 g/mol. The van der Waals surface area contributed by atoms with Crippen molar-refractivity contribution in [3.8, 4) is 5.75 Å². The van der Waals surface area contributed by atoms with Crippen molar-refractivity contribution >= 4 is 11.9 Å². The molecule has 0 radical (unpaired) electrons. The summed E-state index contributed by atoms with van der Waals surface area (Å²) < 4.78 is 5.47. The van der Waals surface area contributed by atoms with Gasteiger partial charge in [0.15, 0.2) is 5.60 Å². The van der Waals surface area contributed by atoms with Gasteiger partial charge >= 0.3 is 5.97 Å². The molecule has 5 heteroatoms. The normalized spacial score (nSPS) is 15.9. The SMILES string of the molecule is CC(C)(Oc1cccc(C(=O)NCC2CCCCC2)c1)C(=O)O. The Morgan fingerprint density at radius 3 is 2.61 bits per heavy atom. The van der Waals surface area contributed by atoms with E-state index in [1.807, 2.05) is 0 Å². The molecular weight excluding hydrogens is 294 g/mol. The van der Waals surface area contributed by atoms with Crippen LogP contribution in [0.25, 0.3) is 0 Å². The van der Waals surface area contributed by atoms with Crippen LogP contribution < -0.4 is 10.1 Å². The van der Waals surface area contributed by atoms with Crippen LogP contribution in [-0.2, 0) is 4.79 Å². The Balaban J connectivity index is 1.95. The van der Waals surface area contributed by atoms with Crippen molar-refractivity contribution in [2.24, 2.45) is 5.92 Å². The van der Waals surface area contributed by atoms with Gasteiger partial charge in [-0.05, 0) is 50.8 Å². The Labute approximate surface area is 137 Å². The maximum absolute atomic E-state index is 12.3. The van der Waals surface area contributed by atoms with Crippen LogP contribution in [0.3, 0.4) is 0 Å². The molecule has 1 aliphatic rings. The Bertz CT molecular complexity index is 562. The zero-order valence-electron chi connectivity index (χ0n) is 13.8. The molecule has 126 valence electrons. The predicted octanol–water partition coefficient (Wildman–Crippen LogP) is 3.24. The molecule has 2 N–H and O–H groups in total.